The van der Waals surface area contributed by atoms with E-state index in [1.165, 1.54) is 10.9 Å². The molecule has 1 aromatic carbocycles. The van der Waals surface area contributed by atoms with Crippen LogP contribution in [0.1, 0.15) is 26.7 Å². The lowest BCUT2D eigenvalue weighted by Gasteiger charge is -2.28. The first kappa shape index (κ1) is 19.9. The topological polar surface area (TPSA) is 57.3 Å². The number of para-hydroxylation sites is 1. The molecule has 0 atom stereocenters. The van der Waals surface area contributed by atoms with Gasteiger partial charge in [-0.2, -0.15) is 0 Å². The molecule has 0 N–H and O–H groups in total. The molecule has 29 heavy (non-hydrogen) atoms. The van der Waals surface area contributed by atoms with Gasteiger partial charge in [0, 0.05) is 56.0 Å². The molecular weight excluding hydrogens is 366 g/mol. The summed E-state index contributed by atoms with van der Waals surface area (Å²) >= 11 is 0. The molecule has 7 nitrogen and oxygen atoms in total. The second-order valence-electron chi connectivity index (χ2n) is 7.87. The highest BCUT2D eigenvalue weighted by Gasteiger charge is 2.22. The predicted molar refractivity (Wildman–Crippen MR) is 115 cm³/mol. The third-order valence-electron chi connectivity index (χ3n) is 5.39. The molecule has 1 aliphatic rings. The highest BCUT2D eigenvalue weighted by molar-refractivity contribution is 5.94. The molecule has 0 spiro atoms. The van der Waals surface area contributed by atoms with Crippen LogP contribution in [0.5, 0.6) is 0 Å². The maximum atomic E-state index is 5.71. The molecule has 1 aliphatic heterocycles. The van der Waals surface area contributed by atoms with E-state index in [2.05, 4.69) is 75.6 Å². The number of rotatable bonds is 8. The molecule has 0 radical (unpaired) electrons. The first-order valence-electron chi connectivity index (χ1n) is 10.6. The normalized spacial score (nSPS) is 15.0. The summed E-state index contributed by atoms with van der Waals surface area (Å²) in [6, 6.07) is 8.46. The number of fused-ring (bicyclic) bond motifs is 1. The van der Waals surface area contributed by atoms with Gasteiger partial charge in [0.25, 0.3) is 0 Å². The Balaban J connectivity index is 1.64. The molecule has 1 saturated heterocycles. The van der Waals surface area contributed by atoms with Crippen molar-refractivity contribution < 1.29 is 9.47 Å². The molecule has 0 amide bonds. The second kappa shape index (κ2) is 8.97. The van der Waals surface area contributed by atoms with E-state index in [9.17, 15) is 0 Å². The van der Waals surface area contributed by atoms with E-state index >= 15 is 0 Å². The number of hydrogen-bond acceptors (Lipinski definition) is 5. The van der Waals surface area contributed by atoms with Crippen molar-refractivity contribution in [3.63, 3.8) is 0 Å². The van der Waals surface area contributed by atoms with Crippen LogP contribution in [0.3, 0.4) is 0 Å². The van der Waals surface area contributed by atoms with Gasteiger partial charge < -0.3 is 18.9 Å². The van der Waals surface area contributed by atoms with Crippen molar-refractivity contribution in [2.75, 3.05) is 37.8 Å². The van der Waals surface area contributed by atoms with Gasteiger partial charge in [-0.05, 0) is 32.8 Å². The van der Waals surface area contributed by atoms with Gasteiger partial charge in [-0.1, -0.05) is 18.2 Å². The summed E-state index contributed by atoms with van der Waals surface area (Å²) in [5, 5.41) is 10.4. The van der Waals surface area contributed by atoms with Crippen LogP contribution in [-0.2, 0) is 23.1 Å². The Morgan fingerprint density at radius 2 is 1.90 bits per heavy atom. The smallest absolute Gasteiger partial charge is 0.227 e. The van der Waals surface area contributed by atoms with Crippen molar-refractivity contribution in [1.29, 1.82) is 0 Å². The van der Waals surface area contributed by atoms with Crippen LogP contribution in [-0.4, -0.2) is 58.3 Å². The fourth-order valence-electron chi connectivity index (χ4n) is 3.91. The number of aryl methyl sites for hydroxylation is 1. The molecule has 3 heterocycles. The monoisotopic (exact) mass is 397 g/mol. The van der Waals surface area contributed by atoms with E-state index in [1.54, 1.807) is 0 Å². The first-order valence-corrected chi connectivity index (χ1v) is 10.6. The van der Waals surface area contributed by atoms with Crippen LogP contribution < -0.4 is 4.90 Å². The minimum Gasteiger partial charge on any atom is -0.379 e. The van der Waals surface area contributed by atoms with Gasteiger partial charge in [0.2, 0.25) is 5.95 Å². The number of hydrogen-bond donors (Lipinski definition) is 0. The lowest BCUT2D eigenvalue weighted by molar-refractivity contribution is 0.0754. The van der Waals surface area contributed by atoms with E-state index in [4.69, 9.17) is 9.47 Å². The lowest BCUT2D eigenvalue weighted by Crippen LogP contribution is -2.38. The van der Waals surface area contributed by atoms with Gasteiger partial charge in [-0.3, -0.25) is 4.57 Å². The van der Waals surface area contributed by atoms with Crippen molar-refractivity contribution in [3.05, 3.63) is 30.5 Å². The second-order valence-corrected chi connectivity index (χ2v) is 7.87. The van der Waals surface area contributed by atoms with Crippen molar-refractivity contribution in [2.24, 2.45) is 7.05 Å². The Morgan fingerprint density at radius 1 is 1.10 bits per heavy atom. The maximum Gasteiger partial charge on any atom is 0.227 e. The van der Waals surface area contributed by atoms with Gasteiger partial charge in [0.05, 0.1) is 19.3 Å². The van der Waals surface area contributed by atoms with Crippen LogP contribution in [0.25, 0.3) is 22.3 Å². The third-order valence-corrected chi connectivity index (χ3v) is 5.39. The number of nitrogens with zero attached hydrogens (tertiary/aromatic N) is 5. The largest absolute Gasteiger partial charge is 0.379 e. The molecule has 0 unspecified atom stereocenters. The minimum absolute atomic E-state index is 0.278. The van der Waals surface area contributed by atoms with Crippen LogP contribution in [0.15, 0.2) is 30.5 Å². The summed E-state index contributed by atoms with van der Waals surface area (Å²) in [5.74, 6) is 1.88. The third kappa shape index (κ3) is 4.31. The molecule has 3 aromatic rings. The van der Waals surface area contributed by atoms with E-state index < -0.39 is 0 Å². The Morgan fingerprint density at radius 3 is 2.69 bits per heavy atom. The minimum atomic E-state index is 0.278. The van der Waals surface area contributed by atoms with Crippen molar-refractivity contribution >= 4 is 16.9 Å². The molecule has 0 aliphatic carbocycles. The van der Waals surface area contributed by atoms with Crippen LogP contribution in [0.2, 0.25) is 0 Å². The Hall–Kier alpha value is -2.38. The average molecular weight is 398 g/mol. The zero-order valence-electron chi connectivity index (χ0n) is 17.7. The van der Waals surface area contributed by atoms with Crippen molar-refractivity contribution in [2.45, 2.75) is 39.3 Å². The van der Waals surface area contributed by atoms with Gasteiger partial charge >= 0.3 is 0 Å². The molecule has 4 rings (SSSR count). The summed E-state index contributed by atoms with van der Waals surface area (Å²) in [6.45, 7) is 8.99. The lowest BCUT2D eigenvalue weighted by atomic mass is 10.1. The van der Waals surface area contributed by atoms with Crippen LogP contribution in [0.4, 0.5) is 5.95 Å². The van der Waals surface area contributed by atoms with Crippen LogP contribution >= 0.6 is 0 Å². The first-order chi connectivity index (χ1) is 14.1. The number of unbranched alkanes of at least 4 members (excludes halogenated alkanes) is 1. The fraction of sp³-hybridized carbons (Fsp3) is 0.545. The van der Waals surface area contributed by atoms with Gasteiger partial charge in [0.15, 0.2) is 5.82 Å². The Labute approximate surface area is 172 Å². The van der Waals surface area contributed by atoms with E-state index in [-0.39, 0.29) is 6.10 Å². The molecule has 1 fully saturated rings. The molecule has 0 bridgehead atoms. The van der Waals surface area contributed by atoms with Crippen LogP contribution in [0, 0.1) is 0 Å². The number of anilines is 1. The maximum absolute atomic E-state index is 5.71. The summed E-state index contributed by atoms with van der Waals surface area (Å²) < 4.78 is 15.7. The Bertz CT molecular complexity index is 940. The van der Waals surface area contributed by atoms with Crippen molar-refractivity contribution in [1.82, 2.24) is 19.3 Å². The summed E-state index contributed by atoms with van der Waals surface area (Å²) in [5.41, 5.74) is 2.34. The number of ether oxygens (including phenoxy) is 2. The average Bonchev–Trinajstić information content (AvgIpc) is 3.29. The van der Waals surface area contributed by atoms with E-state index in [0.717, 1.165) is 69.6 Å². The summed E-state index contributed by atoms with van der Waals surface area (Å²) in [7, 11) is 2.08. The molecule has 0 saturated carbocycles. The number of aromatic nitrogens is 4. The Kier molecular flexibility index (Phi) is 6.16. The highest BCUT2D eigenvalue weighted by atomic mass is 16.5. The predicted octanol–water partition coefficient (Wildman–Crippen LogP) is 3.48. The summed E-state index contributed by atoms with van der Waals surface area (Å²) in [6.07, 6.45) is 4.49. The van der Waals surface area contributed by atoms with Crippen molar-refractivity contribution in [3.8, 4) is 11.4 Å². The molecule has 2 aromatic heterocycles. The van der Waals surface area contributed by atoms with Gasteiger partial charge in [0.1, 0.15) is 0 Å². The quantitative estimate of drug-likeness (QED) is 0.545. The van der Waals surface area contributed by atoms with E-state index in [1.807, 2.05) is 0 Å². The number of morpholine rings is 1. The fourth-order valence-corrected chi connectivity index (χ4v) is 3.91. The van der Waals surface area contributed by atoms with Gasteiger partial charge in [-0.25, -0.2) is 0 Å². The molecule has 7 heteroatoms. The molecular formula is C22H31N5O2. The zero-order valence-corrected chi connectivity index (χ0v) is 17.7. The van der Waals surface area contributed by atoms with E-state index in [0.29, 0.717) is 0 Å². The summed E-state index contributed by atoms with van der Waals surface area (Å²) in [4.78, 5) is 2.29. The SMILES string of the molecule is CC(C)OCCCCn1c(-c2cn(C)c3ccccc23)nnc1N1CCOCC1. The highest BCUT2D eigenvalue weighted by Crippen LogP contribution is 2.31. The molecule has 156 valence electrons. The van der Waals surface area contributed by atoms with Gasteiger partial charge in [-0.15, -0.1) is 10.2 Å². The standard InChI is InChI=1S/C22H31N5O2/c1-17(2)29-13-7-6-10-27-21(23-24-22(27)26-11-14-28-15-12-26)19-16-25(3)20-9-5-4-8-18(19)20/h4-5,8-9,16-17H,6-7,10-15H2,1-3H3. The zero-order chi connectivity index (χ0) is 20.2. The number of benzene rings is 1.